The van der Waals surface area contributed by atoms with Gasteiger partial charge in [0.15, 0.2) is 0 Å². The van der Waals surface area contributed by atoms with Crippen LogP contribution in [0.15, 0.2) is 0 Å². The molecule has 0 amide bonds. The molecular formula is C10H19N. The van der Waals surface area contributed by atoms with E-state index in [0.29, 0.717) is 0 Å². The summed E-state index contributed by atoms with van der Waals surface area (Å²) in [4.78, 5) is 0. The zero-order valence-electron chi connectivity index (χ0n) is 8.07. The standard InChI is InChI=1S/C10H19N/c1-9(2)7-5-6-8-10(3,4)11/h9H,5,7,11H2,1-4H3. The van der Waals surface area contributed by atoms with Crippen molar-refractivity contribution in [2.75, 3.05) is 0 Å². The van der Waals surface area contributed by atoms with Crippen LogP contribution in [0, 0.1) is 17.8 Å². The van der Waals surface area contributed by atoms with Gasteiger partial charge in [-0.1, -0.05) is 19.8 Å². The molecular weight excluding hydrogens is 134 g/mol. The first-order valence-electron chi connectivity index (χ1n) is 4.21. The maximum absolute atomic E-state index is 5.68. The van der Waals surface area contributed by atoms with Crippen molar-refractivity contribution in [2.24, 2.45) is 11.7 Å². The lowest BCUT2D eigenvalue weighted by Crippen LogP contribution is -2.29. The minimum Gasteiger partial charge on any atom is -0.316 e. The molecule has 0 saturated heterocycles. The van der Waals surface area contributed by atoms with Gasteiger partial charge >= 0.3 is 0 Å². The quantitative estimate of drug-likeness (QED) is 0.604. The predicted molar refractivity (Wildman–Crippen MR) is 50.1 cm³/mol. The van der Waals surface area contributed by atoms with Crippen LogP contribution < -0.4 is 5.73 Å². The van der Waals surface area contributed by atoms with Crippen LogP contribution in [-0.4, -0.2) is 5.54 Å². The van der Waals surface area contributed by atoms with Gasteiger partial charge in [0.2, 0.25) is 0 Å². The largest absolute Gasteiger partial charge is 0.316 e. The Labute approximate surface area is 70.4 Å². The molecule has 0 bridgehead atoms. The van der Waals surface area contributed by atoms with Crippen LogP contribution in [0.3, 0.4) is 0 Å². The molecule has 0 rings (SSSR count). The van der Waals surface area contributed by atoms with Gasteiger partial charge in [-0.05, 0) is 26.2 Å². The third kappa shape index (κ3) is 9.52. The Kier molecular flexibility index (Phi) is 4.22. The van der Waals surface area contributed by atoms with Gasteiger partial charge < -0.3 is 5.73 Å². The molecule has 0 aromatic heterocycles. The van der Waals surface area contributed by atoms with E-state index in [9.17, 15) is 0 Å². The van der Waals surface area contributed by atoms with Crippen molar-refractivity contribution in [1.82, 2.24) is 0 Å². The molecule has 0 fully saturated rings. The normalized spacial score (nSPS) is 11.1. The second-order valence-corrected chi connectivity index (χ2v) is 3.96. The topological polar surface area (TPSA) is 26.0 Å². The summed E-state index contributed by atoms with van der Waals surface area (Å²) < 4.78 is 0. The summed E-state index contributed by atoms with van der Waals surface area (Å²) in [5.41, 5.74) is 5.36. The number of hydrogen-bond acceptors (Lipinski definition) is 1. The van der Waals surface area contributed by atoms with E-state index in [0.717, 1.165) is 12.3 Å². The Balaban J connectivity index is 3.57. The highest BCUT2D eigenvalue weighted by molar-refractivity contribution is 5.12. The molecule has 0 aromatic carbocycles. The number of nitrogens with two attached hydrogens (primary N) is 1. The van der Waals surface area contributed by atoms with Crippen LogP contribution in [0.2, 0.25) is 0 Å². The molecule has 0 spiro atoms. The van der Waals surface area contributed by atoms with Crippen LogP contribution >= 0.6 is 0 Å². The Morgan fingerprint density at radius 2 is 1.91 bits per heavy atom. The van der Waals surface area contributed by atoms with Crippen LogP contribution in [0.4, 0.5) is 0 Å². The molecule has 0 aliphatic rings. The lowest BCUT2D eigenvalue weighted by Gasteiger charge is -2.07. The van der Waals surface area contributed by atoms with Crippen molar-refractivity contribution in [1.29, 1.82) is 0 Å². The van der Waals surface area contributed by atoms with Crippen molar-refractivity contribution in [3.05, 3.63) is 0 Å². The number of rotatable bonds is 2. The van der Waals surface area contributed by atoms with E-state index in [1.807, 2.05) is 13.8 Å². The Bertz CT molecular complexity index is 152. The van der Waals surface area contributed by atoms with Crippen LogP contribution in [0.1, 0.15) is 40.5 Å². The van der Waals surface area contributed by atoms with Crippen LogP contribution in [-0.2, 0) is 0 Å². The van der Waals surface area contributed by atoms with Gasteiger partial charge in [0.25, 0.3) is 0 Å². The summed E-state index contributed by atoms with van der Waals surface area (Å²) in [6.45, 7) is 8.26. The molecule has 64 valence electrons. The fraction of sp³-hybridized carbons (Fsp3) is 0.800. The molecule has 0 unspecified atom stereocenters. The maximum atomic E-state index is 5.68. The highest BCUT2D eigenvalue weighted by Gasteiger charge is 2.02. The molecule has 0 aromatic rings. The van der Waals surface area contributed by atoms with Gasteiger partial charge in [-0.15, -0.1) is 5.92 Å². The van der Waals surface area contributed by atoms with Gasteiger partial charge in [-0.25, -0.2) is 0 Å². The smallest absolute Gasteiger partial charge is 0.0719 e. The van der Waals surface area contributed by atoms with E-state index in [-0.39, 0.29) is 5.54 Å². The van der Waals surface area contributed by atoms with Crippen LogP contribution in [0.5, 0.6) is 0 Å². The predicted octanol–water partition coefficient (Wildman–Crippen LogP) is 2.16. The fourth-order valence-electron chi connectivity index (χ4n) is 0.651. The van der Waals surface area contributed by atoms with E-state index >= 15 is 0 Å². The van der Waals surface area contributed by atoms with Crippen molar-refractivity contribution < 1.29 is 0 Å². The summed E-state index contributed by atoms with van der Waals surface area (Å²) in [7, 11) is 0. The lowest BCUT2D eigenvalue weighted by molar-refractivity contribution is 0.598. The molecule has 2 N–H and O–H groups in total. The molecule has 0 atom stereocenters. The Hall–Kier alpha value is -0.480. The zero-order valence-corrected chi connectivity index (χ0v) is 8.07. The molecule has 0 aliphatic heterocycles. The minimum absolute atomic E-state index is 0.322. The van der Waals surface area contributed by atoms with Crippen molar-refractivity contribution in [3.8, 4) is 11.8 Å². The van der Waals surface area contributed by atoms with E-state index in [2.05, 4.69) is 25.7 Å². The third-order valence-corrected chi connectivity index (χ3v) is 1.26. The maximum Gasteiger partial charge on any atom is 0.0719 e. The van der Waals surface area contributed by atoms with E-state index < -0.39 is 0 Å². The van der Waals surface area contributed by atoms with Crippen molar-refractivity contribution >= 4 is 0 Å². The zero-order chi connectivity index (χ0) is 8.91. The molecule has 0 aliphatic carbocycles. The van der Waals surface area contributed by atoms with E-state index in [1.165, 1.54) is 6.42 Å². The summed E-state index contributed by atoms with van der Waals surface area (Å²) in [6, 6.07) is 0. The lowest BCUT2D eigenvalue weighted by atomic mass is 10.1. The Morgan fingerprint density at radius 3 is 2.27 bits per heavy atom. The highest BCUT2D eigenvalue weighted by Crippen LogP contribution is 2.02. The molecule has 0 saturated carbocycles. The Morgan fingerprint density at radius 1 is 1.36 bits per heavy atom. The first-order chi connectivity index (χ1) is 4.92. The second kappa shape index (κ2) is 4.41. The summed E-state index contributed by atoms with van der Waals surface area (Å²) in [6.07, 6.45) is 2.14. The van der Waals surface area contributed by atoms with E-state index in [1.54, 1.807) is 0 Å². The monoisotopic (exact) mass is 153 g/mol. The highest BCUT2D eigenvalue weighted by atomic mass is 14.7. The molecule has 11 heavy (non-hydrogen) atoms. The van der Waals surface area contributed by atoms with Gasteiger partial charge in [0.05, 0.1) is 5.54 Å². The van der Waals surface area contributed by atoms with Gasteiger partial charge in [-0.3, -0.25) is 0 Å². The number of hydrogen-bond donors (Lipinski definition) is 1. The molecule has 0 heterocycles. The first kappa shape index (κ1) is 10.5. The van der Waals surface area contributed by atoms with Gasteiger partial charge in [0.1, 0.15) is 0 Å². The van der Waals surface area contributed by atoms with E-state index in [4.69, 9.17) is 5.73 Å². The van der Waals surface area contributed by atoms with Gasteiger partial charge in [-0.2, -0.15) is 0 Å². The summed E-state index contributed by atoms with van der Waals surface area (Å²) >= 11 is 0. The molecule has 1 nitrogen and oxygen atoms in total. The SMILES string of the molecule is CC(C)CCC#CC(C)(C)N. The summed E-state index contributed by atoms with van der Waals surface area (Å²) in [5, 5.41) is 0. The fourth-order valence-corrected chi connectivity index (χ4v) is 0.651. The minimum atomic E-state index is -0.322. The van der Waals surface area contributed by atoms with Gasteiger partial charge in [0, 0.05) is 6.42 Å². The van der Waals surface area contributed by atoms with Crippen molar-refractivity contribution in [2.45, 2.75) is 46.1 Å². The molecule has 0 radical (unpaired) electrons. The average molecular weight is 153 g/mol. The second-order valence-electron chi connectivity index (χ2n) is 3.96. The molecule has 1 heteroatoms. The average Bonchev–Trinajstić information content (AvgIpc) is 1.78. The van der Waals surface area contributed by atoms with Crippen molar-refractivity contribution in [3.63, 3.8) is 0 Å². The third-order valence-electron chi connectivity index (χ3n) is 1.26. The first-order valence-corrected chi connectivity index (χ1v) is 4.21. The summed E-state index contributed by atoms with van der Waals surface area (Å²) in [5.74, 6) is 6.83. The van der Waals surface area contributed by atoms with Crippen LogP contribution in [0.25, 0.3) is 0 Å².